The van der Waals surface area contributed by atoms with Crippen LogP contribution < -0.4 is 0 Å². The zero-order chi connectivity index (χ0) is 40.7. The maximum absolute atomic E-state index is 12.7. The van der Waals surface area contributed by atoms with Gasteiger partial charge >= 0.3 is 19.8 Å². The van der Waals surface area contributed by atoms with E-state index in [1.165, 1.54) is 103 Å². The number of phosphoric ester groups is 1. The third-order valence-electron chi connectivity index (χ3n) is 10.4. The largest absolute Gasteiger partial charge is 0.472 e. The molecular formula is C41H79O13P. The van der Waals surface area contributed by atoms with Crippen LogP contribution in [0, 0.1) is 0 Å². The van der Waals surface area contributed by atoms with Crippen molar-refractivity contribution < 1.29 is 63.1 Å². The second kappa shape index (κ2) is 32.8. The Bertz CT molecular complexity index is 985. The van der Waals surface area contributed by atoms with Crippen LogP contribution in [0.25, 0.3) is 0 Å². The SMILES string of the molecule is CCCCCCCCCCCCCCCCCCCCCC(=O)OC[C@@H](COP(=O)(O)OC1C(O)C(O)C(O)[C@H](O)C1O)OC(=O)CCCCCCCCC. The van der Waals surface area contributed by atoms with E-state index in [0.717, 1.165) is 51.4 Å². The van der Waals surface area contributed by atoms with E-state index in [0.29, 0.717) is 12.8 Å². The number of aliphatic hydroxyl groups is 5. The Morgan fingerprint density at radius 2 is 0.818 bits per heavy atom. The molecule has 0 radical (unpaired) electrons. The number of aliphatic hydroxyl groups excluding tert-OH is 5. The lowest BCUT2D eigenvalue weighted by atomic mass is 9.85. The normalized spacial score (nSPS) is 23.0. The minimum atomic E-state index is -5.10. The van der Waals surface area contributed by atoms with Crippen LogP contribution in [0.3, 0.4) is 0 Å². The summed E-state index contributed by atoms with van der Waals surface area (Å²) in [5, 5.41) is 49.9. The van der Waals surface area contributed by atoms with Gasteiger partial charge in [-0.3, -0.25) is 18.6 Å². The predicted molar refractivity (Wildman–Crippen MR) is 212 cm³/mol. The smallest absolute Gasteiger partial charge is 0.462 e. The zero-order valence-corrected chi connectivity index (χ0v) is 35.1. The van der Waals surface area contributed by atoms with Crippen molar-refractivity contribution in [2.45, 2.75) is 236 Å². The molecule has 0 amide bonds. The van der Waals surface area contributed by atoms with Crippen LogP contribution in [0.5, 0.6) is 0 Å². The van der Waals surface area contributed by atoms with Crippen LogP contribution in [-0.2, 0) is 32.7 Å². The molecule has 0 aliphatic heterocycles. The Kier molecular flexibility index (Phi) is 30.9. The first-order valence-corrected chi connectivity index (χ1v) is 23.3. The molecule has 0 spiro atoms. The number of ether oxygens (including phenoxy) is 2. The first-order valence-electron chi connectivity index (χ1n) is 21.8. The standard InChI is InChI=1S/C41H79O13P/c1-3-5-7-9-11-12-13-14-15-16-17-18-19-20-21-22-24-25-27-29-34(42)51-31-33(53-35(43)30-28-26-23-10-8-6-4-2)32-52-55(49,50)54-41-39(47)37(45)36(44)38(46)40(41)48/h33,36-41,44-48H,3-32H2,1-2H3,(H,49,50)/t33-,36?,37-,38?,39?,40?,41?/m0/s1. The van der Waals surface area contributed by atoms with Crippen LogP contribution in [0.15, 0.2) is 0 Å². The topological polar surface area (TPSA) is 210 Å². The van der Waals surface area contributed by atoms with E-state index >= 15 is 0 Å². The monoisotopic (exact) mass is 811 g/mol. The van der Waals surface area contributed by atoms with E-state index in [4.69, 9.17) is 18.5 Å². The van der Waals surface area contributed by atoms with Crippen molar-refractivity contribution in [3.63, 3.8) is 0 Å². The molecule has 14 heteroatoms. The van der Waals surface area contributed by atoms with Gasteiger partial charge in [0.15, 0.2) is 6.10 Å². The summed E-state index contributed by atoms with van der Waals surface area (Å²) < 4.78 is 33.3. The fourth-order valence-electron chi connectivity index (χ4n) is 6.88. The van der Waals surface area contributed by atoms with Crippen molar-refractivity contribution in [3.05, 3.63) is 0 Å². The Balaban J connectivity index is 2.36. The Morgan fingerprint density at radius 1 is 0.491 bits per heavy atom. The Labute approximate surface area is 331 Å². The number of hydrogen-bond donors (Lipinski definition) is 6. The van der Waals surface area contributed by atoms with Crippen LogP contribution in [0.4, 0.5) is 0 Å². The molecule has 1 saturated carbocycles. The number of esters is 2. The van der Waals surface area contributed by atoms with E-state index in [1.807, 2.05) is 0 Å². The minimum Gasteiger partial charge on any atom is -0.462 e. The van der Waals surface area contributed by atoms with Crippen LogP contribution in [-0.4, -0.2) is 98.3 Å². The van der Waals surface area contributed by atoms with Gasteiger partial charge in [-0.2, -0.15) is 0 Å². The molecule has 0 aromatic rings. The molecule has 6 unspecified atom stereocenters. The molecule has 1 aliphatic rings. The molecule has 0 aromatic carbocycles. The quantitative estimate of drug-likeness (QED) is 0.0204. The van der Waals surface area contributed by atoms with Crippen LogP contribution in [0.1, 0.15) is 194 Å². The number of rotatable bonds is 36. The first-order chi connectivity index (χ1) is 26.4. The van der Waals surface area contributed by atoms with E-state index in [9.17, 15) is 44.6 Å². The lowest BCUT2D eigenvalue weighted by Gasteiger charge is -2.41. The highest BCUT2D eigenvalue weighted by Crippen LogP contribution is 2.47. The maximum atomic E-state index is 12.7. The predicted octanol–water partition coefficient (Wildman–Crippen LogP) is 7.72. The average Bonchev–Trinajstić information content (AvgIpc) is 3.16. The molecule has 0 saturated heterocycles. The summed E-state index contributed by atoms with van der Waals surface area (Å²) in [5.74, 6) is -1.09. The Morgan fingerprint density at radius 3 is 1.20 bits per heavy atom. The molecule has 0 aromatic heterocycles. The lowest BCUT2D eigenvalue weighted by Crippen LogP contribution is -2.64. The number of carbonyl (C=O) groups is 2. The molecule has 326 valence electrons. The highest BCUT2D eigenvalue weighted by atomic mass is 31.2. The van der Waals surface area contributed by atoms with Crippen molar-refractivity contribution in [1.82, 2.24) is 0 Å². The summed E-state index contributed by atoms with van der Waals surface area (Å²) in [6, 6.07) is 0. The summed E-state index contributed by atoms with van der Waals surface area (Å²) in [7, 11) is -5.10. The second-order valence-corrected chi connectivity index (χ2v) is 17.0. The van der Waals surface area contributed by atoms with Crippen molar-refractivity contribution >= 4 is 19.8 Å². The molecule has 1 fully saturated rings. The van der Waals surface area contributed by atoms with E-state index in [2.05, 4.69) is 13.8 Å². The third kappa shape index (κ3) is 25.7. The molecule has 1 rings (SSSR count). The molecule has 6 N–H and O–H groups in total. The highest BCUT2D eigenvalue weighted by Gasteiger charge is 2.51. The number of phosphoric acid groups is 1. The van der Waals surface area contributed by atoms with Gasteiger partial charge in [0.05, 0.1) is 6.61 Å². The van der Waals surface area contributed by atoms with Crippen molar-refractivity contribution in [3.8, 4) is 0 Å². The van der Waals surface area contributed by atoms with E-state index in [-0.39, 0.29) is 12.8 Å². The molecule has 13 nitrogen and oxygen atoms in total. The molecular weight excluding hydrogens is 731 g/mol. The maximum Gasteiger partial charge on any atom is 0.472 e. The van der Waals surface area contributed by atoms with Gasteiger partial charge in [0.25, 0.3) is 0 Å². The summed E-state index contributed by atoms with van der Waals surface area (Å²) in [6.07, 6.45) is 17.8. The number of unbranched alkanes of at least 4 members (excludes halogenated alkanes) is 24. The number of hydrogen-bond acceptors (Lipinski definition) is 12. The Hall–Kier alpha value is -1.15. The van der Waals surface area contributed by atoms with Gasteiger partial charge in [0.2, 0.25) is 0 Å². The van der Waals surface area contributed by atoms with Crippen molar-refractivity contribution in [2.24, 2.45) is 0 Å². The van der Waals surface area contributed by atoms with Crippen LogP contribution >= 0.6 is 7.82 Å². The van der Waals surface area contributed by atoms with Crippen molar-refractivity contribution in [2.75, 3.05) is 13.2 Å². The summed E-state index contributed by atoms with van der Waals surface area (Å²) in [5.41, 5.74) is 0. The van der Waals surface area contributed by atoms with Gasteiger partial charge in [0, 0.05) is 12.8 Å². The van der Waals surface area contributed by atoms with E-state index < -0.39 is 75.7 Å². The summed E-state index contributed by atoms with van der Waals surface area (Å²) in [6.45, 7) is 3.24. The van der Waals surface area contributed by atoms with Gasteiger partial charge < -0.3 is 39.9 Å². The zero-order valence-electron chi connectivity index (χ0n) is 34.2. The molecule has 55 heavy (non-hydrogen) atoms. The first kappa shape index (κ1) is 51.9. The fraction of sp³-hybridized carbons (Fsp3) is 0.951. The second-order valence-electron chi connectivity index (χ2n) is 15.6. The summed E-state index contributed by atoms with van der Waals surface area (Å²) in [4.78, 5) is 35.4. The highest BCUT2D eigenvalue weighted by molar-refractivity contribution is 7.47. The lowest BCUT2D eigenvalue weighted by molar-refractivity contribution is -0.220. The molecule has 8 atom stereocenters. The van der Waals surface area contributed by atoms with Crippen LogP contribution in [0.2, 0.25) is 0 Å². The van der Waals surface area contributed by atoms with E-state index in [1.54, 1.807) is 0 Å². The minimum absolute atomic E-state index is 0.101. The third-order valence-corrected chi connectivity index (χ3v) is 11.4. The molecule has 1 aliphatic carbocycles. The van der Waals surface area contributed by atoms with Gasteiger partial charge in [-0.15, -0.1) is 0 Å². The van der Waals surface area contributed by atoms with Gasteiger partial charge in [-0.05, 0) is 12.8 Å². The van der Waals surface area contributed by atoms with Gasteiger partial charge in [-0.1, -0.05) is 168 Å². The van der Waals surface area contributed by atoms with Gasteiger partial charge in [-0.25, -0.2) is 4.57 Å². The average molecular weight is 811 g/mol. The van der Waals surface area contributed by atoms with Gasteiger partial charge in [0.1, 0.15) is 43.2 Å². The van der Waals surface area contributed by atoms with Crippen molar-refractivity contribution in [1.29, 1.82) is 0 Å². The number of carbonyl (C=O) groups excluding carboxylic acids is 2. The fourth-order valence-corrected chi connectivity index (χ4v) is 7.85. The summed E-state index contributed by atoms with van der Waals surface area (Å²) >= 11 is 0. The molecule has 0 bridgehead atoms. The molecule has 0 heterocycles.